The van der Waals surface area contributed by atoms with Gasteiger partial charge < -0.3 is 5.73 Å². The summed E-state index contributed by atoms with van der Waals surface area (Å²) in [7, 11) is 0. The van der Waals surface area contributed by atoms with E-state index in [1.165, 1.54) is 23.9 Å². The van der Waals surface area contributed by atoms with Crippen LogP contribution in [0.5, 0.6) is 0 Å². The molecule has 1 aromatic heterocycles. The average Bonchev–Trinajstić information content (AvgIpc) is 2.94. The zero-order valence-electron chi connectivity index (χ0n) is 11.1. The quantitative estimate of drug-likeness (QED) is 0.554. The molecule has 0 saturated heterocycles. The molecule has 0 unspecified atom stereocenters. The van der Waals surface area contributed by atoms with Crippen LogP contribution in [0.2, 0.25) is 0 Å². The number of halogens is 1. The molecule has 2 aromatic carbocycles. The summed E-state index contributed by atoms with van der Waals surface area (Å²) in [6, 6.07) is 14.7. The standard InChI is InChI=1S/C16H13FN2S2/c17-12-6-13(18)8-15(7-12)20-9-14-10-21-16(19-14)11-4-2-1-3-5-11/h1-8,10H,9,18H2. The second-order valence-electron chi connectivity index (χ2n) is 4.52. The van der Waals surface area contributed by atoms with Crippen molar-refractivity contribution in [2.45, 2.75) is 10.6 Å². The van der Waals surface area contributed by atoms with E-state index in [2.05, 4.69) is 4.98 Å². The van der Waals surface area contributed by atoms with Crippen LogP contribution in [0.3, 0.4) is 0 Å². The third-order valence-corrected chi connectivity index (χ3v) is 4.80. The molecule has 0 aliphatic rings. The van der Waals surface area contributed by atoms with Crippen LogP contribution in [0.25, 0.3) is 10.6 Å². The van der Waals surface area contributed by atoms with Crippen LogP contribution in [0.15, 0.2) is 58.8 Å². The van der Waals surface area contributed by atoms with Crippen molar-refractivity contribution in [2.75, 3.05) is 5.73 Å². The summed E-state index contributed by atoms with van der Waals surface area (Å²) in [6.07, 6.45) is 0. The molecular weight excluding hydrogens is 303 g/mol. The Morgan fingerprint density at radius 1 is 1.14 bits per heavy atom. The summed E-state index contributed by atoms with van der Waals surface area (Å²) in [4.78, 5) is 5.43. The molecule has 0 atom stereocenters. The summed E-state index contributed by atoms with van der Waals surface area (Å²) in [5, 5.41) is 3.04. The molecule has 2 N–H and O–H groups in total. The molecule has 0 aliphatic heterocycles. The maximum absolute atomic E-state index is 13.3. The molecule has 0 amide bonds. The smallest absolute Gasteiger partial charge is 0.126 e. The number of aromatic nitrogens is 1. The predicted octanol–water partition coefficient (Wildman–Crippen LogP) is 4.82. The van der Waals surface area contributed by atoms with Crippen molar-refractivity contribution < 1.29 is 4.39 Å². The SMILES string of the molecule is Nc1cc(F)cc(SCc2csc(-c3ccccc3)n2)c1. The number of nitrogens with two attached hydrogens (primary N) is 1. The van der Waals surface area contributed by atoms with E-state index in [1.807, 2.05) is 35.7 Å². The number of hydrogen-bond acceptors (Lipinski definition) is 4. The van der Waals surface area contributed by atoms with Crippen LogP contribution in [0.1, 0.15) is 5.69 Å². The second kappa shape index (κ2) is 6.28. The van der Waals surface area contributed by atoms with E-state index in [4.69, 9.17) is 5.73 Å². The summed E-state index contributed by atoms with van der Waals surface area (Å²) in [6.45, 7) is 0. The molecular formula is C16H13FN2S2. The molecule has 3 rings (SSSR count). The highest BCUT2D eigenvalue weighted by Gasteiger charge is 2.06. The van der Waals surface area contributed by atoms with Crippen molar-refractivity contribution in [1.82, 2.24) is 4.98 Å². The zero-order valence-corrected chi connectivity index (χ0v) is 12.8. The van der Waals surface area contributed by atoms with E-state index in [0.29, 0.717) is 11.4 Å². The van der Waals surface area contributed by atoms with Crippen molar-refractivity contribution >= 4 is 28.8 Å². The number of thiazole rings is 1. The molecule has 0 bridgehead atoms. The van der Waals surface area contributed by atoms with E-state index < -0.39 is 0 Å². The zero-order chi connectivity index (χ0) is 14.7. The lowest BCUT2D eigenvalue weighted by molar-refractivity contribution is 0.625. The van der Waals surface area contributed by atoms with Crippen LogP contribution in [-0.4, -0.2) is 4.98 Å². The van der Waals surface area contributed by atoms with Gasteiger partial charge in [-0.3, -0.25) is 0 Å². The third-order valence-electron chi connectivity index (χ3n) is 2.85. The lowest BCUT2D eigenvalue weighted by atomic mass is 10.2. The van der Waals surface area contributed by atoms with Gasteiger partial charge in [0.2, 0.25) is 0 Å². The Kier molecular flexibility index (Phi) is 4.22. The monoisotopic (exact) mass is 316 g/mol. The molecule has 3 aromatic rings. The van der Waals surface area contributed by atoms with Crippen LogP contribution in [-0.2, 0) is 5.75 Å². The van der Waals surface area contributed by atoms with Gasteiger partial charge in [-0.15, -0.1) is 23.1 Å². The molecule has 106 valence electrons. The molecule has 0 fully saturated rings. The Morgan fingerprint density at radius 3 is 2.71 bits per heavy atom. The molecule has 21 heavy (non-hydrogen) atoms. The van der Waals surface area contributed by atoms with Crippen molar-refractivity contribution in [3.8, 4) is 10.6 Å². The number of thioether (sulfide) groups is 1. The molecule has 0 aliphatic carbocycles. The predicted molar refractivity (Wildman–Crippen MR) is 87.9 cm³/mol. The number of benzene rings is 2. The Hall–Kier alpha value is -1.85. The first-order chi connectivity index (χ1) is 10.2. The third kappa shape index (κ3) is 3.62. The highest BCUT2D eigenvalue weighted by molar-refractivity contribution is 7.98. The van der Waals surface area contributed by atoms with Gasteiger partial charge in [0, 0.05) is 27.3 Å². The number of nitrogen functional groups attached to an aromatic ring is 1. The first kappa shape index (κ1) is 14.1. The fraction of sp³-hybridized carbons (Fsp3) is 0.0625. The molecule has 0 saturated carbocycles. The van der Waals surface area contributed by atoms with Gasteiger partial charge in [0.1, 0.15) is 10.8 Å². The van der Waals surface area contributed by atoms with E-state index in [1.54, 1.807) is 17.4 Å². The van der Waals surface area contributed by atoms with Gasteiger partial charge in [-0.2, -0.15) is 0 Å². The van der Waals surface area contributed by atoms with Gasteiger partial charge in [-0.25, -0.2) is 9.37 Å². The second-order valence-corrected chi connectivity index (χ2v) is 6.43. The Morgan fingerprint density at radius 2 is 1.95 bits per heavy atom. The lowest BCUT2D eigenvalue weighted by Crippen LogP contribution is -1.88. The summed E-state index contributed by atoms with van der Waals surface area (Å²) < 4.78 is 13.3. The van der Waals surface area contributed by atoms with E-state index in [9.17, 15) is 4.39 Å². The van der Waals surface area contributed by atoms with Crippen molar-refractivity contribution in [3.05, 3.63) is 65.4 Å². The molecule has 2 nitrogen and oxygen atoms in total. The molecule has 0 spiro atoms. The van der Waals surface area contributed by atoms with Crippen LogP contribution in [0, 0.1) is 5.82 Å². The van der Waals surface area contributed by atoms with E-state index in [0.717, 1.165) is 21.2 Å². The van der Waals surface area contributed by atoms with Crippen molar-refractivity contribution in [3.63, 3.8) is 0 Å². The van der Waals surface area contributed by atoms with Gasteiger partial charge in [-0.05, 0) is 18.2 Å². The van der Waals surface area contributed by atoms with Gasteiger partial charge >= 0.3 is 0 Å². The van der Waals surface area contributed by atoms with E-state index in [-0.39, 0.29) is 5.82 Å². The van der Waals surface area contributed by atoms with Crippen LogP contribution < -0.4 is 5.73 Å². The maximum Gasteiger partial charge on any atom is 0.126 e. The average molecular weight is 316 g/mol. The van der Waals surface area contributed by atoms with Crippen molar-refractivity contribution in [1.29, 1.82) is 0 Å². The first-order valence-corrected chi connectivity index (χ1v) is 8.26. The van der Waals surface area contributed by atoms with Gasteiger partial charge in [0.15, 0.2) is 0 Å². The fourth-order valence-electron chi connectivity index (χ4n) is 1.91. The number of hydrogen-bond donors (Lipinski definition) is 1. The minimum atomic E-state index is -0.305. The minimum absolute atomic E-state index is 0.305. The van der Waals surface area contributed by atoms with E-state index >= 15 is 0 Å². The van der Waals surface area contributed by atoms with Crippen LogP contribution >= 0.6 is 23.1 Å². The topological polar surface area (TPSA) is 38.9 Å². The highest BCUT2D eigenvalue weighted by atomic mass is 32.2. The largest absolute Gasteiger partial charge is 0.399 e. The summed E-state index contributed by atoms with van der Waals surface area (Å²) in [5.41, 5.74) is 8.20. The number of rotatable bonds is 4. The fourth-order valence-corrected chi connectivity index (χ4v) is 3.72. The maximum atomic E-state index is 13.3. The van der Waals surface area contributed by atoms with Crippen molar-refractivity contribution in [2.24, 2.45) is 0 Å². The van der Waals surface area contributed by atoms with Gasteiger partial charge in [0.05, 0.1) is 5.69 Å². The molecule has 5 heteroatoms. The normalized spacial score (nSPS) is 10.7. The van der Waals surface area contributed by atoms with Gasteiger partial charge in [0.25, 0.3) is 0 Å². The lowest BCUT2D eigenvalue weighted by Gasteiger charge is -2.01. The molecule has 1 heterocycles. The Labute approximate surface area is 130 Å². The number of nitrogens with zero attached hydrogens (tertiary/aromatic N) is 1. The van der Waals surface area contributed by atoms with Gasteiger partial charge in [-0.1, -0.05) is 30.3 Å². The summed E-state index contributed by atoms with van der Waals surface area (Å²) >= 11 is 3.16. The Bertz CT molecular complexity index is 721. The first-order valence-electron chi connectivity index (χ1n) is 6.39. The minimum Gasteiger partial charge on any atom is -0.399 e. The number of anilines is 1. The highest BCUT2D eigenvalue weighted by Crippen LogP contribution is 2.29. The van der Waals surface area contributed by atoms with Crippen LogP contribution in [0.4, 0.5) is 10.1 Å². The molecule has 0 radical (unpaired) electrons. The summed E-state index contributed by atoms with van der Waals surface area (Å²) in [5.74, 6) is 0.396. The Balaban J connectivity index is 1.70.